The van der Waals surface area contributed by atoms with Gasteiger partial charge in [-0.1, -0.05) is 366 Å². The predicted octanol–water partition coefficient (Wildman–Crippen LogP) is 24.1. The Labute approximate surface area is 516 Å². The molecular weight excluding hydrogens is 1050 g/mol. The lowest BCUT2D eigenvalue weighted by atomic mass is 10.0. The summed E-state index contributed by atoms with van der Waals surface area (Å²) >= 11 is 0. The second-order valence-corrected chi connectivity index (χ2v) is 26.6. The quantitative estimate of drug-likeness (QED) is 0.0264. The Hall–Kier alpha value is -1.51. The van der Waals surface area contributed by atoms with Crippen LogP contribution < -0.4 is 5.73 Å². The summed E-state index contributed by atoms with van der Waals surface area (Å²) < 4.78 is 33.2. The van der Waals surface area contributed by atoms with Crippen LogP contribution in [0.5, 0.6) is 0 Å². The summed E-state index contributed by atoms with van der Waals surface area (Å²) in [4.78, 5) is 35.4. The Morgan fingerprint density at radius 3 is 0.916 bits per heavy atom. The van der Waals surface area contributed by atoms with E-state index < -0.39 is 26.5 Å². The van der Waals surface area contributed by atoms with Crippen LogP contribution in [-0.4, -0.2) is 49.3 Å². The minimum absolute atomic E-state index is 0.0573. The molecule has 0 saturated heterocycles. The highest BCUT2D eigenvalue weighted by atomic mass is 31.2. The number of phosphoric acid groups is 1. The van der Waals surface area contributed by atoms with Crippen molar-refractivity contribution >= 4 is 19.8 Å². The van der Waals surface area contributed by atoms with E-state index >= 15 is 0 Å². The predicted molar refractivity (Wildman–Crippen MR) is 358 cm³/mol. The van der Waals surface area contributed by atoms with Crippen molar-refractivity contribution in [1.82, 2.24) is 0 Å². The third kappa shape index (κ3) is 69.5. The fourth-order valence-corrected chi connectivity index (χ4v) is 12.1. The summed E-state index contributed by atoms with van der Waals surface area (Å²) in [6, 6.07) is 0. The minimum Gasteiger partial charge on any atom is -0.462 e. The summed E-state index contributed by atoms with van der Waals surface area (Å²) in [6.07, 6.45) is 85.8. The topological polar surface area (TPSA) is 134 Å². The molecule has 2 atom stereocenters. The molecule has 0 fully saturated rings. The minimum atomic E-state index is -4.39. The molecule has 0 aliphatic heterocycles. The molecule has 492 valence electrons. The van der Waals surface area contributed by atoms with E-state index in [-0.39, 0.29) is 38.6 Å². The third-order valence-electron chi connectivity index (χ3n) is 16.8. The van der Waals surface area contributed by atoms with E-state index in [0.29, 0.717) is 6.42 Å². The molecule has 0 bridgehead atoms. The molecule has 0 aromatic rings. The molecule has 0 aliphatic rings. The fourth-order valence-electron chi connectivity index (χ4n) is 11.4. The number of ether oxygens (including phenoxy) is 2. The Morgan fingerprint density at radius 2 is 0.627 bits per heavy atom. The van der Waals surface area contributed by atoms with Crippen LogP contribution in [0.4, 0.5) is 0 Å². The normalized spacial score (nSPS) is 13.0. The Morgan fingerprint density at radius 1 is 0.361 bits per heavy atom. The molecule has 0 rings (SSSR count). The lowest BCUT2D eigenvalue weighted by molar-refractivity contribution is -0.161. The van der Waals surface area contributed by atoms with Gasteiger partial charge in [-0.2, -0.15) is 0 Å². The largest absolute Gasteiger partial charge is 0.472 e. The lowest BCUT2D eigenvalue weighted by Crippen LogP contribution is -2.29. The average molecular weight is 1190 g/mol. The summed E-state index contributed by atoms with van der Waals surface area (Å²) in [5.74, 6) is -0.800. The van der Waals surface area contributed by atoms with E-state index in [1.165, 1.54) is 327 Å². The van der Waals surface area contributed by atoms with Gasteiger partial charge in [0.25, 0.3) is 0 Å². The highest BCUT2D eigenvalue weighted by Gasteiger charge is 2.26. The van der Waals surface area contributed by atoms with Gasteiger partial charge in [-0.05, 0) is 44.9 Å². The fraction of sp³-hybridized carbons (Fsp3) is 0.918. The van der Waals surface area contributed by atoms with Gasteiger partial charge in [0.2, 0.25) is 0 Å². The van der Waals surface area contributed by atoms with Crippen molar-refractivity contribution in [2.75, 3.05) is 26.4 Å². The lowest BCUT2D eigenvalue weighted by Gasteiger charge is -2.19. The Balaban J connectivity index is 3.79. The number of rotatable bonds is 71. The van der Waals surface area contributed by atoms with Crippen molar-refractivity contribution in [2.24, 2.45) is 5.73 Å². The van der Waals surface area contributed by atoms with Gasteiger partial charge in [0.1, 0.15) is 6.61 Å². The Bertz CT molecular complexity index is 1410. The molecule has 0 amide bonds. The van der Waals surface area contributed by atoms with Crippen molar-refractivity contribution in [3.8, 4) is 0 Å². The number of nitrogens with two attached hydrogens (primary N) is 1. The van der Waals surface area contributed by atoms with E-state index in [0.717, 1.165) is 38.5 Å². The molecule has 0 aromatic carbocycles. The van der Waals surface area contributed by atoms with Gasteiger partial charge in [-0.15, -0.1) is 0 Å². The van der Waals surface area contributed by atoms with Crippen LogP contribution in [0.25, 0.3) is 0 Å². The second kappa shape index (κ2) is 69.6. The summed E-state index contributed by atoms with van der Waals surface area (Å²) in [7, 11) is -4.39. The van der Waals surface area contributed by atoms with Crippen molar-refractivity contribution in [2.45, 2.75) is 405 Å². The van der Waals surface area contributed by atoms with Gasteiger partial charge in [0, 0.05) is 19.4 Å². The Kier molecular flexibility index (Phi) is 68.3. The number of carbonyl (C=O) groups excluding carboxylic acids is 2. The number of unbranched alkanes of at least 4 members (excludes halogenated alkanes) is 54. The number of carbonyl (C=O) groups is 2. The first-order valence-electron chi connectivity index (χ1n) is 36.8. The molecule has 0 saturated carbocycles. The number of esters is 2. The first-order valence-corrected chi connectivity index (χ1v) is 38.3. The van der Waals surface area contributed by atoms with Gasteiger partial charge < -0.3 is 20.1 Å². The van der Waals surface area contributed by atoms with Gasteiger partial charge >= 0.3 is 19.8 Å². The summed E-state index contributed by atoms with van der Waals surface area (Å²) in [5.41, 5.74) is 5.41. The molecule has 0 aliphatic carbocycles. The van der Waals surface area contributed by atoms with Gasteiger partial charge in [0.15, 0.2) is 6.10 Å². The van der Waals surface area contributed by atoms with Crippen LogP contribution in [0, 0.1) is 0 Å². The summed E-state index contributed by atoms with van der Waals surface area (Å²) in [5, 5.41) is 0. The molecule has 0 radical (unpaired) electrons. The van der Waals surface area contributed by atoms with Crippen molar-refractivity contribution in [3.63, 3.8) is 0 Å². The average Bonchev–Trinajstić information content (AvgIpc) is 3.49. The second-order valence-electron chi connectivity index (χ2n) is 25.2. The smallest absolute Gasteiger partial charge is 0.462 e. The zero-order chi connectivity index (χ0) is 60.1. The van der Waals surface area contributed by atoms with Crippen molar-refractivity contribution < 1.29 is 37.6 Å². The van der Waals surface area contributed by atoms with E-state index in [1.54, 1.807) is 0 Å². The molecule has 10 heteroatoms. The molecular formula is C73H142NO8P. The van der Waals surface area contributed by atoms with E-state index in [9.17, 15) is 19.0 Å². The highest BCUT2D eigenvalue weighted by molar-refractivity contribution is 7.47. The molecule has 83 heavy (non-hydrogen) atoms. The number of hydrogen-bond donors (Lipinski definition) is 2. The standard InChI is InChI=1S/C73H142NO8P/c1-3-5-7-9-11-13-15-17-19-21-23-25-27-29-31-33-34-35-36-38-40-42-44-46-48-50-52-54-56-58-60-62-64-66-73(76)82-71(70-81-83(77,78)80-68-67-74)69-79-72(75)65-63-61-59-57-55-53-51-49-47-45-43-41-39-37-32-30-28-26-24-22-20-18-16-14-12-10-8-6-4-2/h15,17,21,23,71H,3-14,16,18-20,22,24-70,74H2,1-2H3,(H,77,78)/b17-15-,23-21-. The molecule has 2 unspecified atom stereocenters. The maximum atomic E-state index is 12.8. The highest BCUT2D eigenvalue weighted by Crippen LogP contribution is 2.43. The summed E-state index contributed by atoms with van der Waals surface area (Å²) in [6.45, 7) is 3.82. The van der Waals surface area contributed by atoms with Crippen LogP contribution in [0.15, 0.2) is 24.3 Å². The van der Waals surface area contributed by atoms with Gasteiger partial charge in [0.05, 0.1) is 13.2 Å². The van der Waals surface area contributed by atoms with Gasteiger partial charge in [-0.25, -0.2) is 4.57 Å². The molecule has 0 heterocycles. The number of phosphoric ester groups is 1. The maximum absolute atomic E-state index is 12.8. The van der Waals surface area contributed by atoms with Crippen LogP contribution in [0.1, 0.15) is 399 Å². The number of allylic oxidation sites excluding steroid dienone is 4. The first kappa shape index (κ1) is 81.5. The molecule has 0 spiro atoms. The van der Waals surface area contributed by atoms with E-state index in [1.807, 2.05) is 0 Å². The van der Waals surface area contributed by atoms with Crippen molar-refractivity contribution in [1.29, 1.82) is 0 Å². The van der Waals surface area contributed by atoms with Crippen LogP contribution >= 0.6 is 7.82 Å². The van der Waals surface area contributed by atoms with Crippen molar-refractivity contribution in [3.05, 3.63) is 24.3 Å². The monoisotopic (exact) mass is 1190 g/mol. The molecule has 3 N–H and O–H groups in total. The van der Waals surface area contributed by atoms with Crippen LogP contribution in [-0.2, 0) is 32.7 Å². The van der Waals surface area contributed by atoms with Gasteiger partial charge in [-0.3, -0.25) is 18.6 Å². The number of hydrogen-bond acceptors (Lipinski definition) is 8. The maximum Gasteiger partial charge on any atom is 0.472 e. The van der Waals surface area contributed by atoms with E-state index in [2.05, 4.69) is 38.2 Å². The third-order valence-corrected chi connectivity index (χ3v) is 17.8. The van der Waals surface area contributed by atoms with Crippen LogP contribution in [0.2, 0.25) is 0 Å². The molecule has 9 nitrogen and oxygen atoms in total. The van der Waals surface area contributed by atoms with Crippen LogP contribution in [0.3, 0.4) is 0 Å². The zero-order valence-corrected chi connectivity index (χ0v) is 56.4. The van der Waals surface area contributed by atoms with E-state index in [4.69, 9.17) is 24.3 Å². The zero-order valence-electron chi connectivity index (χ0n) is 55.5. The molecule has 0 aromatic heterocycles. The SMILES string of the molecule is CCCCCCC/C=C\C/C=C\CCCCCCCCCCCCCCCCCCCCCCCC(=O)OC(COC(=O)CCCCCCCCCCCCCCCCCCCCCCCCCCCCCCC)COP(=O)(O)OCCN. The first-order chi connectivity index (χ1) is 40.8.